The van der Waals surface area contributed by atoms with Crippen molar-refractivity contribution < 1.29 is 4.79 Å². The molecule has 0 radical (unpaired) electrons. The Morgan fingerprint density at radius 1 is 1.41 bits per heavy atom. The Bertz CT molecular complexity index is 386. The molecule has 2 nitrogen and oxygen atoms in total. The third kappa shape index (κ3) is 2.89. The molecule has 0 saturated heterocycles. The summed E-state index contributed by atoms with van der Waals surface area (Å²) in [6.45, 7) is 2.06. The second-order valence-electron chi connectivity index (χ2n) is 4.77. The second-order valence-corrected chi connectivity index (χ2v) is 5.34. The van der Waals surface area contributed by atoms with E-state index < -0.39 is 0 Å². The summed E-state index contributed by atoms with van der Waals surface area (Å²) in [5, 5.41) is 4.04. The molecule has 0 spiro atoms. The molecule has 3 heteroatoms. The van der Waals surface area contributed by atoms with E-state index in [1.807, 2.05) is 30.3 Å². The normalized spacial score (nSPS) is 18.5. The van der Waals surface area contributed by atoms with Gasteiger partial charge in [0, 0.05) is 10.9 Å². The Morgan fingerprint density at radius 3 is 2.53 bits per heavy atom. The lowest BCUT2D eigenvalue weighted by molar-refractivity contribution is -0.123. The van der Waals surface area contributed by atoms with Crippen LogP contribution in [0.2, 0.25) is 0 Å². The van der Waals surface area contributed by atoms with E-state index in [4.69, 9.17) is 0 Å². The number of carbonyl (C=O) groups is 1. The van der Waals surface area contributed by atoms with Crippen LogP contribution in [0.15, 0.2) is 30.3 Å². The minimum Gasteiger partial charge on any atom is -0.349 e. The van der Waals surface area contributed by atoms with E-state index >= 15 is 0 Å². The minimum atomic E-state index is -0.0206. The van der Waals surface area contributed by atoms with Crippen LogP contribution in [-0.2, 0) is 4.79 Å². The van der Waals surface area contributed by atoms with E-state index in [1.54, 1.807) is 0 Å². The molecular formula is C14H18BrNO. The zero-order chi connectivity index (χ0) is 12.3. The van der Waals surface area contributed by atoms with E-state index in [9.17, 15) is 4.79 Å². The SMILES string of the molecule is CCC(C(=O)NC1(CBr)CC1)c1ccccc1. The monoisotopic (exact) mass is 295 g/mol. The molecule has 1 amide bonds. The van der Waals surface area contributed by atoms with Crippen LogP contribution in [0.5, 0.6) is 0 Å². The van der Waals surface area contributed by atoms with Gasteiger partial charge in [0.1, 0.15) is 0 Å². The van der Waals surface area contributed by atoms with Crippen LogP contribution in [0.4, 0.5) is 0 Å². The summed E-state index contributed by atoms with van der Waals surface area (Å²) in [5.41, 5.74) is 1.15. The predicted octanol–water partition coefficient (Wildman–Crippen LogP) is 3.22. The smallest absolute Gasteiger partial charge is 0.227 e. The van der Waals surface area contributed by atoms with Gasteiger partial charge >= 0.3 is 0 Å². The van der Waals surface area contributed by atoms with Gasteiger partial charge in [-0.25, -0.2) is 0 Å². The summed E-state index contributed by atoms with van der Waals surface area (Å²) in [6.07, 6.45) is 3.03. The van der Waals surface area contributed by atoms with Crippen LogP contribution >= 0.6 is 15.9 Å². The van der Waals surface area contributed by atoms with Crippen LogP contribution in [0.25, 0.3) is 0 Å². The molecule has 1 unspecified atom stereocenters. The van der Waals surface area contributed by atoms with Crippen molar-refractivity contribution in [3.8, 4) is 0 Å². The van der Waals surface area contributed by atoms with Gasteiger partial charge in [-0.05, 0) is 24.8 Å². The predicted molar refractivity (Wildman–Crippen MR) is 73.4 cm³/mol. The van der Waals surface area contributed by atoms with Gasteiger partial charge < -0.3 is 5.32 Å². The first kappa shape index (κ1) is 12.6. The van der Waals surface area contributed by atoms with E-state index in [-0.39, 0.29) is 17.4 Å². The topological polar surface area (TPSA) is 29.1 Å². The first-order chi connectivity index (χ1) is 8.21. The van der Waals surface area contributed by atoms with Gasteiger partial charge in [-0.1, -0.05) is 53.2 Å². The summed E-state index contributed by atoms with van der Waals surface area (Å²) in [5.74, 6) is 0.142. The highest BCUT2D eigenvalue weighted by Crippen LogP contribution is 2.37. The first-order valence-electron chi connectivity index (χ1n) is 6.14. The third-order valence-corrected chi connectivity index (χ3v) is 4.50. The van der Waals surface area contributed by atoms with Gasteiger partial charge in [0.15, 0.2) is 0 Å². The fourth-order valence-electron chi connectivity index (χ4n) is 2.05. The average Bonchev–Trinajstić information content (AvgIpc) is 3.12. The molecule has 1 saturated carbocycles. The van der Waals surface area contributed by atoms with E-state index in [0.717, 1.165) is 30.2 Å². The van der Waals surface area contributed by atoms with E-state index in [0.29, 0.717) is 0 Å². The average molecular weight is 296 g/mol. The molecule has 0 aliphatic heterocycles. The molecule has 0 bridgehead atoms. The lowest BCUT2D eigenvalue weighted by Crippen LogP contribution is -2.40. The molecule has 0 heterocycles. The molecule has 2 rings (SSSR count). The lowest BCUT2D eigenvalue weighted by atomic mass is 9.95. The van der Waals surface area contributed by atoms with Gasteiger partial charge in [-0.2, -0.15) is 0 Å². The van der Waals surface area contributed by atoms with Crippen LogP contribution in [0.3, 0.4) is 0 Å². The van der Waals surface area contributed by atoms with Gasteiger partial charge in [-0.3, -0.25) is 4.79 Å². The summed E-state index contributed by atoms with van der Waals surface area (Å²) in [7, 11) is 0. The van der Waals surface area contributed by atoms with Gasteiger partial charge in [0.05, 0.1) is 5.92 Å². The third-order valence-electron chi connectivity index (χ3n) is 3.42. The summed E-state index contributed by atoms with van der Waals surface area (Å²) >= 11 is 3.47. The number of benzene rings is 1. The quantitative estimate of drug-likeness (QED) is 0.831. The highest BCUT2D eigenvalue weighted by Gasteiger charge is 2.43. The molecule has 1 aliphatic rings. The molecule has 1 atom stereocenters. The Labute approximate surface area is 111 Å². The number of nitrogens with one attached hydrogen (secondary N) is 1. The number of hydrogen-bond donors (Lipinski definition) is 1. The zero-order valence-corrected chi connectivity index (χ0v) is 11.7. The van der Waals surface area contributed by atoms with Crippen molar-refractivity contribution in [1.82, 2.24) is 5.32 Å². The number of hydrogen-bond acceptors (Lipinski definition) is 1. The Kier molecular flexibility index (Phi) is 3.87. The van der Waals surface area contributed by atoms with Crippen molar-refractivity contribution in [2.45, 2.75) is 37.6 Å². The number of carbonyl (C=O) groups excluding carboxylic acids is 1. The number of rotatable bonds is 5. The van der Waals surface area contributed by atoms with Crippen molar-refractivity contribution in [2.75, 3.05) is 5.33 Å². The van der Waals surface area contributed by atoms with Crippen molar-refractivity contribution >= 4 is 21.8 Å². The molecule has 1 N–H and O–H groups in total. The van der Waals surface area contributed by atoms with Crippen LogP contribution < -0.4 is 5.32 Å². The van der Waals surface area contributed by atoms with Crippen molar-refractivity contribution in [1.29, 1.82) is 0 Å². The van der Waals surface area contributed by atoms with Crippen LogP contribution in [0, 0.1) is 0 Å². The van der Waals surface area contributed by atoms with Crippen molar-refractivity contribution in [3.05, 3.63) is 35.9 Å². The van der Waals surface area contributed by atoms with Crippen molar-refractivity contribution in [2.24, 2.45) is 0 Å². The summed E-state index contributed by atoms with van der Waals surface area (Å²) in [6, 6.07) is 10.0. The fourth-order valence-corrected chi connectivity index (χ4v) is 2.75. The maximum absolute atomic E-state index is 12.3. The van der Waals surface area contributed by atoms with Gasteiger partial charge in [0.2, 0.25) is 5.91 Å². The molecular weight excluding hydrogens is 278 g/mol. The second kappa shape index (κ2) is 5.21. The molecule has 1 aromatic carbocycles. The molecule has 1 aromatic rings. The Balaban J connectivity index is 2.06. The van der Waals surface area contributed by atoms with E-state index in [2.05, 4.69) is 28.2 Å². The van der Waals surface area contributed by atoms with Crippen LogP contribution in [0.1, 0.15) is 37.7 Å². The largest absolute Gasteiger partial charge is 0.349 e. The molecule has 1 fully saturated rings. The maximum Gasteiger partial charge on any atom is 0.227 e. The van der Waals surface area contributed by atoms with Crippen LogP contribution in [-0.4, -0.2) is 16.8 Å². The highest BCUT2D eigenvalue weighted by molar-refractivity contribution is 9.09. The summed E-state index contributed by atoms with van der Waals surface area (Å²) in [4.78, 5) is 12.3. The van der Waals surface area contributed by atoms with Gasteiger partial charge in [-0.15, -0.1) is 0 Å². The highest BCUT2D eigenvalue weighted by atomic mass is 79.9. The molecule has 1 aliphatic carbocycles. The molecule has 0 aromatic heterocycles. The first-order valence-corrected chi connectivity index (χ1v) is 7.26. The Hall–Kier alpha value is -0.830. The van der Waals surface area contributed by atoms with Gasteiger partial charge in [0.25, 0.3) is 0 Å². The minimum absolute atomic E-state index is 0.0206. The Morgan fingerprint density at radius 2 is 2.06 bits per heavy atom. The summed E-state index contributed by atoms with van der Waals surface area (Å²) < 4.78 is 0. The maximum atomic E-state index is 12.3. The standard InChI is InChI=1S/C14H18BrNO/c1-2-12(11-6-4-3-5-7-11)13(17)16-14(10-15)8-9-14/h3-7,12H,2,8-10H2,1H3,(H,16,17). The number of alkyl halides is 1. The molecule has 17 heavy (non-hydrogen) atoms. The zero-order valence-electron chi connectivity index (χ0n) is 10.1. The number of amides is 1. The fraction of sp³-hybridized carbons (Fsp3) is 0.500. The molecule has 92 valence electrons. The van der Waals surface area contributed by atoms with Crippen molar-refractivity contribution in [3.63, 3.8) is 0 Å². The lowest BCUT2D eigenvalue weighted by Gasteiger charge is -2.20. The number of halogens is 1. The van der Waals surface area contributed by atoms with E-state index in [1.165, 1.54) is 0 Å².